The Labute approximate surface area is 169 Å². The van der Waals surface area contributed by atoms with Gasteiger partial charge in [-0.05, 0) is 36.4 Å². The van der Waals surface area contributed by atoms with E-state index in [4.69, 9.17) is 23.2 Å². The summed E-state index contributed by atoms with van der Waals surface area (Å²) < 4.78 is 0. The summed E-state index contributed by atoms with van der Waals surface area (Å²) in [6.07, 6.45) is 0.393. The van der Waals surface area contributed by atoms with Gasteiger partial charge in [0.2, 0.25) is 0 Å². The molecular formula is C19H10Cl2CuN2O2. The molecule has 2 aromatic carbocycles. The zero-order valence-electron chi connectivity index (χ0n) is 13.1. The van der Waals surface area contributed by atoms with Crippen LogP contribution in [0.25, 0.3) is 21.8 Å². The molecule has 0 aliphatic carbocycles. The van der Waals surface area contributed by atoms with Crippen LogP contribution in [0.15, 0.2) is 48.5 Å². The van der Waals surface area contributed by atoms with E-state index < -0.39 is 0 Å². The monoisotopic (exact) mass is 431 g/mol. The summed E-state index contributed by atoms with van der Waals surface area (Å²) in [6, 6.07) is 13.1. The molecule has 4 aromatic rings. The standard InChI is InChI=1S/C19H12Cl2N2O2.Cu/c20-14-5-7-16(24)18-12(14)3-1-10(22-18)9-11-2-4-13-15(21)6-8-17(25)19(13)23-11;/h1-8,24-25H,9H2;/q;+2/p-2. The molecule has 0 atom stereocenters. The fourth-order valence-corrected chi connectivity index (χ4v) is 3.21. The molecule has 0 aliphatic rings. The van der Waals surface area contributed by atoms with Crippen molar-refractivity contribution in [2.75, 3.05) is 0 Å². The van der Waals surface area contributed by atoms with Gasteiger partial charge in [0.25, 0.3) is 0 Å². The van der Waals surface area contributed by atoms with Gasteiger partial charge in [0, 0.05) is 38.6 Å². The van der Waals surface area contributed by atoms with Crippen molar-refractivity contribution in [1.82, 2.24) is 9.97 Å². The van der Waals surface area contributed by atoms with Gasteiger partial charge in [0.05, 0.1) is 11.0 Å². The van der Waals surface area contributed by atoms with Crippen molar-refractivity contribution in [3.8, 4) is 11.5 Å². The van der Waals surface area contributed by atoms with Crippen LogP contribution >= 0.6 is 23.2 Å². The SMILES string of the molecule is [Cu+2].[O-]c1ccc(Cl)c2ccc(Cc3ccc4c(Cl)ccc([O-])c4n3)nc12. The molecule has 0 amide bonds. The molecule has 1 radical (unpaired) electrons. The maximum atomic E-state index is 12.0. The molecule has 133 valence electrons. The van der Waals surface area contributed by atoms with Crippen molar-refractivity contribution in [2.24, 2.45) is 0 Å². The topological polar surface area (TPSA) is 71.9 Å². The predicted octanol–water partition coefficient (Wildman–Crippen LogP) is 3.83. The summed E-state index contributed by atoms with van der Waals surface area (Å²) in [4.78, 5) is 8.82. The van der Waals surface area contributed by atoms with E-state index in [1.54, 1.807) is 36.4 Å². The second-order valence-corrected chi connectivity index (χ2v) is 6.48. The normalized spacial score (nSPS) is 10.8. The fraction of sp³-hybridized carbons (Fsp3) is 0.0526. The van der Waals surface area contributed by atoms with Crippen LogP contribution in [-0.4, -0.2) is 9.97 Å². The van der Waals surface area contributed by atoms with Crippen LogP contribution in [0.3, 0.4) is 0 Å². The molecule has 0 spiro atoms. The second-order valence-electron chi connectivity index (χ2n) is 5.67. The average molecular weight is 433 g/mol. The van der Waals surface area contributed by atoms with E-state index in [9.17, 15) is 10.2 Å². The smallest absolute Gasteiger partial charge is 0.871 e. The second kappa shape index (κ2) is 7.29. The van der Waals surface area contributed by atoms with E-state index in [-0.39, 0.29) is 28.6 Å². The molecule has 0 bridgehead atoms. The van der Waals surface area contributed by atoms with E-state index in [1.807, 2.05) is 0 Å². The summed E-state index contributed by atoms with van der Waals surface area (Å²) in [5.41, 5.74) is 2.01. The largest absolute Gasteiger partial charge is 2.00 e. The number of benzene rings is 2. The van der Waals surface area contributed by atoms with Crippen LogP contribution in [0.2, 0.25) is 10.0 Å². The third kappa shape index (κ3) is 3.31. The van der Waals surface area contributed by atoms with Gasteiger partial charge in [-0.3, -0.25) is 9.97 Å². The Morgan fingerprint density at radius 3 is 1.50 bits per heavy atom. The average Bonchev–Trinajstić information content (AvgIpc) is 2.62. The first-order valence-corrected chi connectivity index (χ1v) is 8.29. The molecule has 2 heterocycles. The Morgan fingerprint density at radius 2 is 1.08 bits per heavy atom. The van der Waals surface area contributed by atoms with Crippen LogP contribution in [0.1, 0.15) is 11.4 Å². The quantitative estimate of drug-likeness (QED) is 0.451. The van der Waals surface area contributed by atoms with Crippen molar-refractivity contribution in [3.63, 3.8) is 0 Å². The van der Waals surface area contributed by atoms with Crippen LogP contribution < -0.4 is 10.2 Å². The number of fused-ring (bicyclic) bond motifs is 2. The molecular weight excluding hydrogens is 423 g/mol. The maximum Gasteiger partial charge on any atom is 2.00 e. The van der Waals surface area contributed by atoms with Crippen molar-refractivity contribution in [1.29, 1.82) is 0 Å². The molecule has 0 saturated heterocycles. The zero-order valence-corrected chi connectivity index (χ0v) is 15.5. The van der Waals surface area contributed by atoms with E-state index >= 15 is 0 Å². The van der Waals surface area contributed by atoms with Gasteiger partial charge < -0.3 is 10.2 Å². The first kappa shape index (κ1) is 18.7. The third-order valence-corrected chi connectivity index (χ3v) is 4.67. The van der Waals surface area contributed by atoms with Crippen LogP contribution in [-0.2, 0) is 23.5 Å². The Morgan fingerprint density at radius 1 is 0.654 bits per heavy atom. The minimum absolute atomic E-state index is 0. The molecule has 0 unspecified atom stereocenters. The summed E-state index contributed by atoms with van der Waals surface area (Å²) >= 11 is 12.2. The summed E-state index contributed by atoms with van der Waals surface area (Å²) in [6.45, 7) is 0. The van der Waals surface area contributed by atoms with E-state index in [1.165, 1.54) is 12.1 Å². The van der Waals surface area contributed by atoms with Crippen molar-refractivity contribution < 1.29 is 27.3 Å². The molecule has 0 fully saturated rings. The first-order valence-electron chi connectivity index (χ1n) is 7.53. The van der Waals surface area contributed by atoms with Gasteiger partial charge in [-0.15, -0.1) is 0 Å². The van der Waals surface area contributed by atoms with Crippen molar-refractivity contribution in [3.05, 3.63) is 70.0 Å². The molecule has 7 heteroatoms. The number of halogens is 2. The Hall–Kier alpha value is -2.04. The predicted molar refractivity (Wildman–Crippen MR) is 95.2 cm³/mol. The Bertz CT molecular complexity index is 1050. The van der Waals surface area contributed by atoms with Gasteiger partial charge in [-0.25, -0.2) is 0 Å². The van der Waals surface area contributed by atoms with E-state index in [2.05, 4.69) is 9.97 Å². The van der Waals surface area contributed by atoms with Gasteiger partial charge in [0.15, 0.2) is 0 Å². The molecule has 26 heavy (non-hydrogen) atoms. The van der Waals surface area contributed by atoms with Gasteiger partial charge >= 0.3 is 17.1 Å². The molecule has 0 saturated carbocycles. The van der Waals surface area contributed by atoms with Crippen molar-refractivity contribution >= 4 is 45.0 Å². The molecule has 0 N–H and O–H groups in total. The Kier molecular flexibility index (Phi) is 5.26. The summed E-state index contributed by atoms with van der Waals surface area (Å²) in [7, 11) is 0. The number of pyridine rings is 2. The zero-order chi connectivity index (χ0) is 17.6. The van der Waals surface area contributed by atoms with Crippen LogP contribution in [0.4, 0.5) is 0 Å². The molecule has 2 aromatic heterocycles. The molecule has 0 aliphatic heterocycles. The van der Waals surface area contributed by atoms with Gasteiger partial charge in [-0.2, -0.15) is 0 Å². The number of rotatable bonds is 2. The van der Waals surface area contributed by atoms with E-state index in [0.29, 0.717) is 49.7 Å². The fourth-order valence-electron chi connectivity index (χ4n) is 2.78. The molecule has 4 nitrogen and oxygen atoms in total. The van der Waals surface area contributed by atoms with Crippen LogP contribution in [0, 0.1) is 0 Å². The summed E-state index contributed by atoms with van der Waals surface area (Å²) in [5.74, 6) is -0.359. The first-order chi connectivity index (χ1) is 12.0. The summed E-state index contributed by atoms with van der Waals surface area (Å²) in [5, 5.41) is 26.2. The Balaban J connectivity index is 0.00000196. The van der Waals surface area contributed by atoms with Gasteiger partial charge in [0.1, 0.15) is 0 Å². The number of nitrogens with zero attached hydrogens (tertiary/aromatic N) is 2. The number of hydrogen-bond donors (Lipinski definition) is 0. The van der Waals surface area contributed by atoms with Crippen LogP contribution in [0.5, 0.6) is 11.5 Å². The van der Waals surface area contributed by atoms with Gasteiger partial charge in [-0.1, -0.05) is 46.8 Å². The number of hydrogen-bond acceptors (Lipinski definition) is 4. The minimum atomic E-state index is -0.179. The minimum Gasteiger partial charge on any atom is -0.871 e. The molecule has 4 rings (SSSR count). The maximum absolute atomic E-state index is 12.0. The van der Waals surface area contributed by atoms with Crippen molar-refractivity contribution in [2.45, 2.75) is 6.42 Å². The third-order valence-electron chi connectivity index (χ3n) is 4.01. The van der Waals surface area contributed by atoms with E-state index in [0.717, 1.165) is 0 Å². The number of aromatic nitrogens is 2.